The van der Waals surface area contributed by atoms with E-state index < -0.39 is 6.04 Å². The van der Waals surface area contributed by atoms with Gasteiger partial charge in [0.25, 0.3) is 0 Å². The van der Waals surface area contributed by atoms with Crippen molar-refractivity contribution in [3.05, 3.63) is 34.9 Å². The molecule has 1 rings (SSSR count). The van der Waals surface area contributed by atoms with Crippen LogP contribution in [0.4, 0.5) is 0 Å². The van der Waals surface area contributed by atoms with Crippen LogP contribution in [0, 0.1) is 19.8 Å². The Morgan fingerprint density at radius 3 is 2.44 bits per heavy atom. The summed E-state index contributed by atoms with van der Waals surface area (Å²) in [6.45, 7) is 9.71. The molecule has 25 heavy (non-hydrogen) atoms. The van der Waals surface area contributed by atoms with E-state index >= 15 is 0 Å². The Morgan fingerprint density at radius 1 is 1.16 bits per heavy atom. The molecule has 5 nitrogen and oxygen atoms in total. The van der Waals surface area contributed by atoms with Crippen LogP contribution < -0.4 is 10.6 Å². The molecule has 1 aromatic rings. The van der Waals surface area contributed by atoms with E-state index in [0.717, 1.165) is 23.1 Å². The van der Waals surface area contributed by atoms with E-state index in [1.165, 1.54) is 6.92 Å². The fourth-order valence-electron chi connectivity index (χ4n) is 2.67. The van der Waals surface area contributed by atoms with Crippen LogP contribution in [0.25, 0.3) is 0 Å². The summed E-state index contributed by atoms with van der Waals surface area (Å²) in [4.78, 5) is 35.8. The average molecular weight is 346 g/mol. The molecule has 0 radical (unpaired) electrons. The van der Waals surface area contributed by atoms with Gasteiger partial charge in [-0.2, -0.15) is 0 Å². The standard InChI is InChI=1S/C20H30N2O3/c1-6-13(2)20(22-19(25)10-11-21-16(5)23)18(24)12-17-9-7-8-14(3)15(17)4/h7-9,13,20H,6,10-12H2,1-5H3,(H,21,23)(H,22,25)/t13?,20-/m1/s1. The van der Waals surface area contributed by atoms with Crippen molar-refractivity contribution in [1.29, 1.82) is 0 Å². The van der Waals surface area contributed by atoms with Gasteiger partial charge in [0.15, 0.2) is 5.78 Å². The molecule has 2 amide bonds. The van der Waals surface area contributed by atoms with Crippen molar-refractivity contribution in [2.75, 3.05) is 6.54 Å². The summed E-state index contributed by atoms with van der Waals surface area (Å²) in [5, 5.41) is 5.45. The summed E-state index contributed by atoms with van der Waals surface area (Å²) in [5.74, 6) is -0.302. The Balaban J connectivity index is 2.77. The predicted molar refractivity (Wildman–Crippen MR) is 99.3 cm³/mol. The van der Waals surface area contributed by atoms with Crippen LogP contribution in [-0.4, -0.2) is 30.2 Å². The number of aryl methyl sites for hydroxylation is 1. The minimum Gasteiger partial charge on any atom is -0.356 e. The highest BCUT2D eigenvalue weighted by atomic mass is 16.2. The van der Waals surface area contributed by atoms with Gasteiger partial charge >= 0.3 is 0 Å². The number of ketones is 1. The molecular weight excluding hydrogens is 316 g/mol. The Labute approximate surface area is 150 Å². The highest BCUT2D eigenvalue weighted by Gasteiger charge is 2.26. The van der Waals surface area contributed by atoms with Crippen molar-refractivity contribution in [3.63, 3.8) is 0 Å². The zero-order chi connectivity index (χ0) is 19.0. The van der Waals surface area contributed by atoms with E-state index in [1.807, 2.05) is 45.9 Å². The first-order valence-corrected chi connectivity index (χ1v) is 8.87. The van der Waals surface area contributed by atoms with E-state index in [1.54, 1.807) is 0 Å². The largest absolute Gasteiger partial charge is 0.356 e. The molecule has 138 valence electrons. The van der Waals surface area contributed by atoms with Crippen molar-refractivity contribution in [3.8, 4) is 0 Å². The summed E-state index contributed by atoms with van der Waals surface area (Å²) < 4.78 is 0. The zero-order valence-corrected chi connectivity index (χ0v) is 15.9. The van der Waals surface area contributed by atoms with Crippen LogP contribution >= 0.6 is 0 Å². The molecule has 0 aromatic heterocycles. The molecule has 2 N–H and O–H groups in total. The summed E-state index contributed by atoms with van der Waals surface area (Å²) in [7, 11) is 0. The molecular formula is C20H30N2O3. The SMILES string of the molecule is CCC(C)[C@@H](NC(=O)CCNC(C)=O)C(=O)Cc1cccc(C)c1C. The van der Waals surface area contributed by atoms with Crippen LogP contribution in [0.5, 0.6) is 0 Å². The van der Waals surface area contributed by atoms with Crippen LogP contribution in [0.3, 0.4) is 0 Å². The Morgan fingerprint density at radius 2 is 1.84 bits per heavy atom. The maximum atomic E-state index is 12.8. The number of benzene rings is 1. The molecule has 0 fully saturated rings. The van der Waals surface area contributed by atoms with E-state index in [9.17, 15) is 14.4 Å². The average Bonchev–Trinajstić information content (AvgIpc) is 2.55. The fourth-order valence-corrected chi connectivity index (χ4v) is 2.67. The number of hydrogen-bond acceptors (Lipinski definition) is 3. The number of hydrogen-bond donors (Lipinski definition) is 2. The van der Waals surface area contributed by atoms with Gasteiger partial charge in [-0.05, 0) is 36.5 Å². The van der Waals surface area contributed by atoms with Gasteiger partial charge in [-0.3, -0.25) is 14.4 Å². The zero-order valence-electron chi connectivity index (χ0n) is 15.9. The third-order valence-electron chi connectivity index (χ3n) is 4.68. The first-order chi connectivity index (χ1) is 11.8. The lowest BCUT2D eigenvalue weighted by atomic mass is 9.90. The molecule has 0 aliphatic carbocycles. The van der Waals surface area contributed by atoms with Crippen molar-refractivity contribution in [2.45, 2.75) is 59.9 Å². The first kappa shape index (κ1) is 20.9. The molecule has 0 spiro atoms. The fraction of sp³-hybridized carbons (Fsp3) is 0.550. The number of carbonyl (C=O) groups is 3. The summed E-state index contributed by atoms with van der Waals surface area (Å²) in [6.07, 6.45) is 1.28. The lowest BCUT2D eigenvalue weighted by Gasteiger charge is -2.24. The molecule has 0 bridgehead atoms. The number of rotatable bonds is 9. The molecule has 2 atom stereocenters. The Hall–Kier alpha value is -2.17. The monoisotopic (exact) mass is 346 g/mol. The topological polar surface area (TPSA) is 75.3 Å². The molecule has 1 unspecified atom stereocenters. The number of nitrogens with one attached hydrogen (secondary N) is 2. The minimum atomic E-state index is -0.505. The van der Waals surface area contributed by atoms with Gasteiger partial charge in [-0.15, -0.1) is 0 Å². The van der Waals surface area contributed by atoms with Crippen molar-refractivity contribution < 1.29 is 14.4 Å². The van der Waals surface area contributed by atoms with Gasteiger partial charge in [0, 0.05) is 26.3 Å². The second-order valence-electron chi connectivity index (χ2n) is 6.67. The summed E-state index contributed by atoms with van der Waals surface area (Å²) >= 11 is 0. The molecule has 0 heterocycles. The second kappa shape index (κ2) is 9.97. The third kappa shape index (κ3) is 6.69. The highest BCUT2D eigenvalue weighted by Crippen LogP contribution is 2.17. The molecule has 0 saturated carbocycles. The maximum Gasteiger partial charge on any atom is 0.222 e. The van der Waals surface area contributed by atoms with Crippen LogP contribution in [-0.2, 0) is 20.8 Å². The number of Topliss-reactive ketones (excluding diaryl/α,β-unsaturated/α-hetero) is 1. The van der Waals surface area contributed by atoms with Gasteiger partial charge < -0.3 is 10.6 Å². The third-order valence-corrected chi connectivity index (χ3v) is 4.68. The van der Waals surface area contributed by atoms with Gasteiger partial charge in [0.2, 0.25) is 11.8 Å². The smallest absolute Gasteiger partial charge is 0.222 e. The predicted octanol–water partition coefficient (Wildman–Crippen LogP) is 2.47. The number of amides is 2. The minimum absolute atomic E-state index is 0.0240. The van der Waals surface area contributed by atoms with Crippen molar-refractivity contribution in [1.82, 2.24) is 10.6 Å². The maximum absolute atomic E-state index is 12.8. The first-order valence-electron chi connectivity index (χ1n) is 8.87. The van der Waals surface area contributed by atoms with Gasteiger partial charge in [-0.25, -0.2) is 0 Å². The number of carbonyl (C=O) groups excluding carboxylic acids is 3. The Kier molecular flexibility index (Phi) is 8.32. The lowest BCUT2D eigenvalue weighted by molar-refractivity contribution is -0.128. The normalized spacial score (nSPS) is 13.0. The molecule has 0 aliphatic rings. The van der Waals surface area contributed by atoms with E-state index in [2.05, 4.69) is 10.6 Å². The van der Waals surface area contributed by atoms with Gasteiger partial charge in [0.05, 0.1) is 6.04 Å². The van der Waals surface area contributed by atoms with Crippen LogP contribution in [0.15, 0.2) is 18.2 Å². The second-order valence-corrected chi connectivity index (χ2v) is 6.67. The van der Waals surface area contributed by atoms with Gasteiger partial charge in [-0.1, -0.05) is 38.5 Å². The van der Waals surface area contributed by atoms with Crippen LogP contribution in [0.2, 0.25) is 0 Å². The van der Waals surface area contributed by atoms with E-state index in [-0.39, 0.29) is 36.5 Å². The van der Waals surface area contributed by atoms with Crippen LogP contribution in [0.1, 0.15) is 50.3 Å². The van der Waals surface area contributed by atoms with Crippen molar-refractivity contribution >= 4 is 17.6 Å². The molecule has 0 aliphatic heterocycles. The molecule has 0 saturated heterocycles. The van der Waals surface area contributed by atoms with Gasteiger partial charge in [0.1, 0.15) is 0 Å². The quantitative estimate of drug-likeness (QED) is 0.721. The van der Waals surface area contributed by atoms with E-state index in [0.29, 0.717) is 6.42 Å². The molecule has 1 aromatic carbocycles. The van der Waals surface area contributed by atoms with Crippen molar-refractivity contribution in [2.24, 2.45) is 5.92 Å². The highest BCUT2D eigenvalue weighted by molar-refractivity contribution is 5.91. The summed E-state index contributed by atoms with van der Waals surface area (Å²) in [6, 6.07) is 5.44. The van der Waals surface area contributed by atoms with E-state index in [4.69, 9.17) is 0 Å². The Bertz CT molecular complexity index is 625. The molecule has 5 heteroatoms. The summed E-state index contributed by atoms with van der Waals surface area (Å²) in [5.41, 5.74) is 3.28. The lowest BCUT2D eigenvalue weighted by Crippen LogP contribution is -2.46.